The largest absolute Gasteiger partial charge is 0.0654 e. The van der Waals surface area contributed by atoms with E-state index >= 15 is 0 Å². The Kier molecular flexibility index (Phi) is 23.0. The first kappa shape index (κ1) is 26.0. The highest BCUT2D eigenvalue weighted by atomic mass is 14.1. The van der Waals surface area contributed by atoms with Crippen molar-refractivity contribution in [2.45, 2.75) is 162 Å². The Morgan fingerprint density at radius 3 is 0.923 bits per heavy atom. The van der Waals surface area contributed by atoms with Gasteiger partial charge in [-0.1, -0.05) is 162 Å². The molecule has 0 heteroatoms. The molecule has 0 aromatic rings. The Morgan fingerprint density at radius 1 is 0.308 bits per heavy atom. The summed E-state index contributed by atoms with van der Waals surface area (Å²) in [5.74, 6) is 1.04. The Hall–Kier alpha value is 0. The van der Waals surface area contributed by atoms with Crippen molar-refractivity contribution in [1.29, 1.82) is 0 Å². The Balaban J connectivity index is 3.49. The second-order valence-electron chi connectivity index (χ2n) is 8.89. The molecular formula is C26H54. The molecule has 0 bridgehead atoms. The van der Waals surface area contributed by atoms with Crippen molar-refractivity contribution in [3.63, 3.8) is 0 Å². The molecule has 158 valence electrons. The summed E-state index contributed by atoms with van der Waals surface area (Å²) in [7, 11) is 0. The van der Waals surface area contributed by atoms with Gasteiger partial charge in [0, 0.05) is 0 Å². The Morgan fingerprint density at radius 2 is 0.577 bits per heavy atom. The van der Waals surface area contributed by atoms with Crippen LogP contribution in [-0.4, -0.2) is 0 Å². The zero-order valence-electron chi connectivity index (χ0n) is 19.1. The molecule has 1 unspecified atom stereocenters. The van der Waals surface area contributed by atoms with E-state index in [9.17, 15) is 0 Å². The minimum absolute atomic E-state index is 1.04. The predicted octanol–water partition coefficient (Wildman–Crippen LogP) is 10.2. The van der Waals surface area contributed by atoms with E-state index < -0.39 is 0 Å². The van der Waals surface area contributed by atoms with Crippen molar-refractivity contribution in [2.75, 3.05) is 0 Å². The summed E-state index contributed by atoms with van der Waals surface area (Å²) in [5, 5.41) is 0. The number of rotatable bonds is 22. The lowest BCUT2D eigenvalue weighted by molar-refractivity contribution is 0.370. The third-order valence-electron chi connectivity index (χ3n) is 6.15. The van der Waals surface area contributed by atoms with Crippen molar-refractivity contribution in [1.82, 2.24) is 0 Å². The van der Waals surface area contributed by atoms with E-state index in [1.165, 1.54) is 141 Å². The molecule has 0 saturated heterocycles. The molecule has 0 aliphatic rings. The lowest BCUT2D eigenvalue weighted by atomic mass is 9.90. The lowest BCUT2D eigenvalue weighted by Gasteiger charge is -2.16. The molecule has 0 heterocycles. The Bertz CT molecular complexity index is 232. The minimum atomic E-state index is 1.04. The highest BCUT2D eigenvalue weighted by Crippen LogP contribution is 2.24. The van der Waals surface area contributed by atoms with Gasteiger partial charge < -0.3 is 0 Å². The molecular weight excluding hydrogens is 312 g/mol. The van der Waals surface area contributed by atoms with Gasteiger partial charge in [0.25, 0.3) is 0 Å². The maximum atomic E-state index is 2.35. The van der Waals surface area contributed by atoms with E-state index in [2.05, 4.69) is 20.8 Å². The van der Waals surface area contributed by atoms with Gasteiger partial charge in [0.15, 0.2) is 0 Å². The summed E-state index contributed by atoms with van der Waals surface area (Å²) in [6.45, 7) is 6.97. The fourth-order valence-corrected chi connectivity index (χ4v) is 4.24. The number of hydrogen-bond donors (Lipinski definition) is 0. The quantitative estimate of drug-likeness (QED) is 0.167. The van der Waals surface area contributed by atoms with Gasteiger partial charge in [-0.05, 0) is 5.92 Å². The SMILES string of the molecule is CCCCCCCCCCCCCC(CCCC)CCCCCCCC. The van der Waals surface area contributed by atoms with Gasteiger partial charge >= 0.3 is 0 Å². The van der Waals surface area contributed by atoms with E-state index in [1.54, 1.807) is 0 Å². The average Bonchev–Trinajstić information content (AvgIpc) is 2.66. The van der Waals surface area contributed by atoms with Crippen molar-refractivity contribution in [3.05, 3.63) is 0 Å². The molecule has 0 amide bonds. The molecule has 0 saturated carbocycles. The zero-order chi connectivity index (χ0) is 19.1. The second kappa shape index (κ2) is 23.0. The van der Waals surface area contributed by atoms with Crippen molar-refractivity contribution < 1.29 is 0 Å². The molecule has 0 spiro atoms. The maximum Gasteiger partial charge on any atom is -0.0414 e. The van der Waals surface area contributed by atoms with Gasteiger partial charge in [-0.3, -0.25) is 0 Å². The maximum absolute atomic E-state index is 2.35. The van der Waals surface area contributed by atoms with Crippen LogP contribution in [0.1, 0.15) is 162 Å². The van der Waals surface area contributed by atoms with Crippen molar-refractivity contribution in [3.8, 4) is 0 Å². The summed E-state index contributed by atoms with van der Waals surface area (Å²) < 4.78 is 0. The molecule has 26 heavy (non-hydrogen) atoms. The first-order valence-electron chi connectivity index (χ1n) is 12.8. The van der Waals surface area contributed by atoms with Crippen LogP contribution in [-0.2, 0) is 0 Å². The van der Waals surface area contributed by atoms with E-state index in [4.69, 9.17) is 0 Å². The highest BCUT2D eigenvalue weighted by molar-refractivity contribution is 4.61. The van der Waals surface area contributed by atoms with E-state index in [-0.39, 0.29) is 0 Å². The fraction of sp³-hybridized carbons (Fsp3) is 1.00. The van der Waals surface area contributed by atoms with Crippen LogP contribution in [0, 0.1) is 5.92 Å². The standard InChI is InChI=1S/C26H54/c1-4-7-10-12-14-15-16-17-18-20-22-25-26(23-9-6-3)24-21-19-13-11-8-5-2/h26H,4-25H2,1-3H3. The average molecular weight is 367 g/mol. The van der Waals surface area contributed by atoms with E-state index in [1.807, 2.05) is 0 Å². The monoisotopic (exact) mass is 366 g/mol. The third kappa shape index (κ3) is 20.3. The second-order valence-corrected chi connectivity index (χ2v) is 8.89. The van der Waals surface area contributed by atoms with Crippen LogP contribution >= 0.6 is 0 Å². The smallest absolute Gasteiger partial charge is 0.0414 e. The summed E-state index contributed by atoms with van der Waals surface area (Å²) in [6, 6.07) is 0. The van der Waals surface area contributed by atoms with Crippen molar-refractivity contribution in [2.24, 2.45) is 5.92 Å². The topological polar surface area (TPSA) is 0 Å². The molecule has 0 aliphatic carbocycles. The molecule has 0 N–H and O–H groups in total. The molecule has 0 aliphatic heterocycles. The fourth-order valence-electron chi connectivity index (χ4n) is 4.24. The van der Waals surface area contributed by atoms with Gasteiger partial charge in [0.2, 0.25) is 0 Å². The molecule has 0 fully saturated rings. The van der Waals surface area contributed by atoms with Crippen LogP contribution in [0.3, 0.4) is 0 Å². The van der Waals surface area contributed by atoms with Crippen LogP contribution in [0.15, 0.2) is 0 Å². The van der Waals surface area contributed by atoms with Crippen LogP contribution in [0.25, 0.3) is 0 Å². The normalized spacial score (nSPS) is 12.6. The summed E-state index contributed by atoms with van der Waals surface area (Å²) in [4.78, 5) is 0. The van der Waals surface area contributed by atoms with Crippen LogP contribution in [0.2, 0.25) is 0 Å². The summed E-state index contributed by atoms with van der Waals surface area (Å²) >= 11 is 0. The van der Waals surface area contributed by atoms with E-state index in [0.29, 0.717) is 0 Å². The first-order valence-corrected chi connectivity index (χ1v) is 12.8. The Labute approximate surface area is 168 Å². The van der Waals surface area contributed by atoms with Gasteiger partial charge in [-0.15, -0.1) is 0 Å². The predicted molar refractivity (Wildman–Crippen MR) is 122 cm³/mol. The lowest BCUT2D eigenvalue weighted by Crippen LogP contribution is -2.01. The van der Waals surface area contributed by atoms with Crippen LogP contribution < -0.4 is 0 Å². The van der Waals surface area contributed by atoms with E-state index in [0.717, 1.165) is 5.92 Å². The third-order valence-corrected chi connectivity index (χ3v) is 6.15. The number of hydrogen-bond acceptors (Lipinski definition) is 0. The van der Waals surface area contributed by atoms with Gasteiger partial charge in [0.1, 0.15) is 0 Å². The molecule has 0 aromatic carbocycles. The van der Waals surface area contributed by atoms with Crippen LogP contribution in [0.5, 0.6) is 0 Å². The van der Waals surface area contributed by atoms with Crippen LogP contribution in [0.4, 0.5) is 0 Å². The van der Waals surface area contributed by atoms with Gasteiger partial charge in [-0.25, -0.2) is 0 Å². The zero-order valence-corrected chi connectivity index (χ0v) is 19.1. The molecule has 0 nitrogen and oxygen atoms in total. The summed E-state index contributed by atoms with van der Waals surface area (Å²) in [6.07, 6.45) is 32.3. The number of unbranched alkanes of at least 4 members (excludes halogenated alkanes) is 16. The summed E-state index contributed by atoms with van der Waals surface area (Å²) in [5.41, 5.74) is 0. The highest BCUT2D eigenvalue weighted by Gasteiger charge is 2.08. The molecule has 0 radical (unpaired) electrons. The van der Waals surface area contributed by atoms with Crippen molar-refractivity contribution >= 4 is 0 Å². The van der Waals surface area contributed by atoms with Gasteiger partial charge in [0.05, 0.1) is 0 Å². The molecule has 0 rings (SSSR count). The molecule has 0 aromatic heterocycles. The first-order chi connectivity index (χ1) is 12.8. The molecule has 1 atom stereocenters. The minimum Gasteiger partial charge on any atom is -0.0654 e. The van der Waals surface area contributed by atoms with Gasteiger partial charge in [-0.2, -0.15) is 0 Å².